The van der Waals surface area contributed by atoms with E-state index in [1.165, 1.54) is 16.7 Å². The molecule has 1 saturated carbocycles. The van der Waals surface area contributed by atoms with Crippen LogP contribution in [0.1, 0.15) is 57.8 Å². The second-order valence-electron chi connectivity index (χ2n) is 8.51. The molecule has 0 spiro atoms. The van der Waals surface area contributed by atoms with Crippen LogP contribution >= 0.6 is 0 Å². The van der Waals surface area contributed by atoms with E-state index < -0.39 is 19.0 Å². The van der Waals surface area contributed by atoms with Crippen LogP contribution in [-0.4, -0.2) is 35.2 Å². The minimum atomic E-state index is -2.49. The maximum Gasteiger partial charge on any atom is 0.335 e. The minimum Gasteiger partial charge on any atom is -0.478 e. The molecule has 2 aromatic carbocycles. The van der Waals surface area contributed by atoms with Crippen molar-refractivity contribution in [1.82, 2.24) is 4.98 Å². The molecule has 4 nitrogen and oxygen atoms in total. The first-order valence-electron chi connectivity index (χ1n) is 10.8. The molecule has 1 aliphatic rings. The van der Waals surface area contributed by atoms with Gasteiger partial charge in [-0.15, -0.1) is 0 Å². The maximum atomic E-state index is 12.7. The number of carboxylic acid groups (broad SMARTS) is 1. The first kappa shape index (κ1) is 22.2. The smallest absolute Gasteiger partial charge is 0.335 e. The largest absolute Gasteiger partial charge is 0.478 e. The second-order valence-corrected chi connectivity index (χ2v) is 8.51. The molecule has 2 N–H and O–H groups in total. The Kier molecular flexibility index (Phi) is 6.42. The molecule has 0 bridgehead atoms. The van der Waals surface area contributed by atoms with E-state index in [2.05, 4.69) is 37.0 Å². The summed E-state index contributed by atoms with van der Waals surface area (Å²) in [4.78, 5) is 14.6. The van der Waals surface area contributed by atoms with E-state index in [0.29, 0.717) is 12.8 Å². The second kappa shape index (κ2) is 9.25. The van der Waals surface area contributed by atoms with E-state index in [-0.39, 0.29) is 17.6 Å². The molecule has 4 rings (SSSR count). The van der Waals surface area contributed by atoms with Crippen LogP contribution in [0.3, 0.4) is 0 Å². The molecule has 0 saturated heterocycles. The molecular formula is C26H27F2NO3. The lowest BCUT2D eigenvalue weighted by Crippen LogP contribution is -2.25. The van der Waals surface area contributed by atoms with Crippen molar-refractivity contribution in [3.05, 3.63) is 76.0 Å². The van der Waals surface area contributed by atoms with Gasteiger partial charge in [-0.05, 0) is 73.6 Å². The molecule has 0 radical (unpaired) electrons. The van der Waals surface area contributed by atoms with Crippen molar-refractivity contribution in [2.75, 3.05) is 6.61 Å². The lowest BCUT2D eigenvalue weighted by atomic mass is 9.77. The van der Waals surface area contributed by atoms with Gasteiger partial charge in [-0.2, -0.15) is 0 Å². The predicted molar refractivity (Wildman–Crippen MR) is 121 cm³/mol. The highest BCUT2D eigenvalue weighted by molar-refractivity contribution is 5.92. The summed E-state index contributed by atoms with van der Waals surface area (Å²) < 4.78 is 30.9. The van der Waals surface area contributed by atoms with Crippen molar-refractivity contribution >= 4 is 22.9 Å². The Morgan fingerprint density at radius 3 is 2.66 bits per heavy atom. The number of allylic oxidation sites excluding steroid dienone is 1. The third-order valence-electron chi connectivity index (χ3n) is 6.34. The van der Waals surface area contributed by atoms with Gasteiger partial charge in [0, 0.05) is 23.0 Å². The normalized spacial score (nSPS) is 20.3. The molecule has 2 atom stereocenters. The summed E-state index contributed by atoms with van der Waals surface area (Å²) in [5.41, 5.74) is 7.04. The van der Waals surface area contributed by atoms with Crippen LogP contribution in [-0.2, 0) is 4.74 Å². The predicted octanol–water partition coefficient (Wildman–Crippen LogP) is 6.48. The Bertz CT molecular complexity index is 1150. The number of rotatable bonds is 6. The molecule has 32 heavy (non-hydrogen) atoms. The molecule has 0 unspecified atom stereocenters. The van der Waals surface area contributed by atoms with Gasteiger partial charge in [0.05, 0.1) is 11.7 Å². The quantitative estimate of drug-likeness (QED) is 0.462. The SMILES string of the molecule is Cc1cc(C)c2[nH]ccc2c1/C=C1\CC[C@H](OCC(F)F)C[C@H]1c1ccc(C(=O)O)cc1. The number of aromatic nitrogens is 1. The van der Waals surface area contributed by atoms with Crippen molar-refractivity contribution in [3.63, 3.8) is 0 Å². The van der Waals surface area contributed by atoms with Gasteiger partial charge in [-0.25, -0.2) is 13.6 Å². The number of H-pyrrole nitrogens is 1. The molecule has 3 aromatic rings. The maximum absolute atomic E-state index is 12.7. The molecular weight excluding hydrogens is 412 g/mol. The average molecular weight is 440 g/mol. The van der Waals surface area contributed by atoms with Crippen LogP contribution < -0.4 is 0 Å². The summed E-state index contributed by atoms with van der Waals surface area (Å²) in [6.07, 6.45) is 3.43. The Hall–Kier alpha value is -2.99. The first-order valence-corrected chi connectivity index (χ1v) is 10.8. The number of carbonyl (C=O) groups is 1. The Morgan fingerprint density at radius 2 is 1.97 bits per heavy atom. The van der Waals surface area contributed by atoms with Crippen molar-refractivity contribution in [1.29, 1.82) is 0 Å². The van der Waals surface area contributed by atoms with E-state index in [9.17, 15) is 18.7 Å². The zero-order valence-electron chi connectivity index (χ0n) is 18.2. The van der Waals surface area contributed by atoms with Crippen LogP contribution in [0.15, 0.2) is 48.2 Å². The van der Waals surface area contributed by atoms with Gasteiger partial charge in [0.25, 0.3) is 6.43 Å². The van der Waals surface area contributed by atoms with Crippen LogP contribution in [0.25, 0.3) is 17.0 Å². The first-order chi connectivity index (χ1) is 15.3. The molecule has 6 heteroatoms. The highest BCUT2D eigenvalue weighted by atomic mass is 19.3. The van der Waals surface area contributed by atoms with Crippen LogP contribution in [0.2, 0.25) is 0 Å². The number of benzene rings is 2. The summed E-state index contributed by atoms with van der Waals surface area (Å²) in [7, 11) is 0. The summed E-state index contributed by atoms with van der Waals surface area (Å²) in [6.45, 7) is 3.62. The summed E-state index contributed by atoms with van der Waals surface area (Å²) in [5.74, 6) is -0.997. The van der Waals surface area contributed by atoms with Gasteiger partial charge >= 0.3 is 5.97 Å². The number of hydrogen-bond donors (Lipinski definition) is 2. The molecule has 0 amide bonds. The zero-order valence-corrected chi connectivity index (χ0v) is 18.2. The fourth-order valence-electron chi connectivity index (χ4n) is 4.76. The van der Waals surface area contributed by atoms with E-state index in [4.69, 9.17) is 4.74 Å². The highest BCUT2D eigenvalue weighted by Crippen LogP contribution is 2.41. The van der Waals surface area contributed by atoms with E-state index >= 15 is 0 Å². The average Bonchev–Trinajstić information content (AvgIpc) is 3.26. The van der Waals surface area contributed by atoms with Crippen molar-refractivity contribution < 1.29 is 23.4 Å². The minimum absolute atomic E-state index is 0.0241. The molecule has 168 valence electrons. The van der Waals surface area contributed by atoms with Crippen LogP contribution in [0, 0.1) is 13.8 Å². The number of alkyl halides is 2. The molecule has 0 aliphatic heterocycles. The number of aromatic carboxylic acids is 1. The molecule has 1 aliphatic carbocycles. The van der Waals surface area contributed by atoms with E-state index in [1.54, 1.807) is 12.1 Å². The third-order valence-corrected chi connectivity index (χ3v) is 6.34. The molecule has 1 heterocycles. The monoisotopic (exact) mass is 439 g/mol. The van der Waals surface area contributed by atoms with Gasteiger partial charge in [-0.1, -0.05) is 29.8 Å². The number of fused-ring (bicyclic) bond motifs is 1. The van der Waals surface area contributed by atoms with Gasteiger partial charge in [0.15, 0.2) is 0 Å². The third kappa shape index (κ3) is 4.60. The number of aryl methyl sites for hydroxylation is 2. The lowest BCUT2D eigenvalue weighted by Gasteiger charge is -2.32. The summed E-state index contributed by atoms with van der Waals surface area (Å²) in [5, 5.41) is 10.4. The van der Waals surface area contributed by atoms with Gasteiger partial charge in [-0.3, -0.25) is 0 Å². The van der Waals surface area contributed by atoms with E-state index in [1.807, 2.05) is 18.3 Å². The standard InChI is InChI=1S/C26H27F2NO3/c1-15-11-16(2)25-21(9-10-29-25)22(15)12-19-7-8-20(32-14-24(27)28)13-23(19)17-3-5-18(6-4-17)26(30)31/h3-6,9-12,20,23-24,29H,7-8,13-14H2,1-2H3,(H,30,31)/b19-12+/t20-,23-/m0/s1. The number of aromatic amines is 1. The van der Waals surface area contributed by atoms with Crippen LogP contribution in [0.4, 0.5) is 8.78 Å². The summed E-state index contributed by atoms with van der Waals surface area (Å²) in [6, 6.07) is 11.1. The van der Waals surface area contributed by atoms with Crippen molar-refractivity contribution in [3.8, 4) is 0 Å². The fraction of sp³-hybridized carbons (Fsp3) is 0.346. The van der Waals surface area contributed by atoms with Crippen molar-refractivity contribution in [2.24, 2.45) is 0 Å². The number of carboxylic acids is 1. The lowest BCUT2D eigenvalue weighted by molar-refractivity contribution is -0.0350. The van der Waals surface area contributed by atoms with Gasteiger partial charge in [0.1, 0.15) is 6.61 Å². The fourth-order valence-corrected chi connectivity index (χ4v) is 4.76. The number of halogens is 2. The topological polar surface area (TPSA) is 62.3 Å². The molecule has 1 fully saturated rings. The van der Waals surface area contributed by atoms with E-state index in [0.717, 1.165) is 28.5 Å². The zero-order chi connectivity index (χ0) is 22.8. The number of ether oxygens (including phenoxy) is 1. The number of nitrogens with one attached hydrogen (secondary N) is 1. The number of hydrogen-bond acceptors (Lipinski definition) is 2. The summed E-state index contributed by atoms with van der Waals surface area (Å²) >= 11 is 0. The van der Waals surface area contributed by atoms with Gasteiger partial charge in [0.2, 0.25) is 0 Å². The Morgan fingerprint density at radius 1 is 1.22 bits per heavy atom. The van der Waals surface area contributed by atoms with Crippen molar-refractivity contribution in [2.45, 2.75) is 51.6 Å². The molecule has 1 aromatic heterocycles. The highest BCUT2D eigenvalue weighted by Gasteiger charge is 2.29. The Balaban J connectivity index is 1.72. The Labute approximate surface area is 185 Å². The van der Waals surface area contributed by atoms with Gasteiger partial charge < -0.3 is 14.8 Å². The van der Waals surface area contributed by atoms with Crippen LogP contribution in [0.5, 0.6) is 0 Å².